The third kappa shape index (κ3) is 4.79. The van der Waals surface area contributed by atoms with Crippen LogP contribution in [0.15, 0.2) is 162 Å². The lowest BCUT2D eigenvalue weighted by Gasteiger charge is -2.09. The molecule has 0 saturated heterocycles. The summed E-state index contributed by atoms with van der Waals surface area (Å²) in [6.07, 6.45) is 0. The van der Waals surface area contributed by atoms with Gasteiger partial charge < -0.3 is 19.2 Å². The molecule has 7 nitrogen and oxygen atoms in total. The third-order valence-corrected chi connectivity index (χ3v) is 9.66. The monoisotopic (exact) mass is 672 g/mol. The van der Waals surface area contributed by atoms with Crippen LogP contribution in [0.2, 0.25) is 0 Å². The minimum Gasteiger partial charge on any atom is -0.504 e. The van der Waals surface area contributed by atoms with Crippen molar-refractivity contribution >= 4 is 43.7 Å². The number of furan rings is 1. The number of benzene rings is 7. The van der Waals surface area contributed by atoms with Gasteiger partial charge in [-0.05, 0) is 71.8 Å². The molecule has 3 aromatic heterocycles. The average molecular weight is 673 g/mol. The number of para-hydroxylation sites is 2. The highest BCUT2D eigenvalue weighted by molar-refractivity contribution is 6.13. The van der Waals surface area contributed by atoms with Crippen LogP contribution in [0.4, 0.5) is 0 Å². The normalized spacial score (nSPS) is 11.6. The fourth-order valence-electron chi connectivity index (χ4n) is 7.15. The van der Waals surface area contributed by atoms with Crippen LogP contribution in [0.1, 0.15) is 0 Å². The van der Waals surface area contributed by atoms with Crippen molar-refractivity contribution in [3.63, 3.8) is 0 Å². The lowest BCUT2D eigenvalue weighted by Crippen LogP contribution is -2.00. The van der Waals surface area contributed by atoms with Gasteiger partial charge in [-0.1, -0.05) is 97.1 Å². The van der Waals surface area contributed by atoms with Crippen molar-refractivity contribution in [2.45, 2.75) is 0 Å². The molecule has 3 heterocycles. The van der Waals surface area contributed by atoms with Gasteiger partial charge in [-0.25, -0.2) is 15.0 Å². The standard InChI is InChI=1S/C45H28N4O3/c50-39-22-19-31(26-40(39)51)45-47-43(28-12-5-2-6-13-28)46-44(48-45)30-20-23-41-35(25-30)33-15-9-17-38(42(33)52-41)49-36-16-8-7-14-32(36)34-24-29(18-21-37(34)49)27-10-3-1-4-11-27/h1-26,50-51H. The average Bonchev–Trinajstić information content (AvgIpc) is 3.74. The van der Waals surface area contributed by atoms with Crippen LogP contribution in [0.3, 0.4) is 0 Å². The first-order chi connectivity index (χ1) is 25.6. The predicted octanol–water partition coefficient (Wildman–Crippen LogP) is 10.9. The molecule has 0 atom stereocenters. The van der Waals surface area contributed by atoms with Crippen LogP contribution in [-0.4, -0.2) is 29.7 Å². The summed E-state index contributed by atoms with van der Waals surface area (Å²) in [5.74, 6) is 0.883. The second-order valence-electron chi connectivity index (χ2n) is 12.8. The van der Waals surface area contributed by atoms with Crippen LogP contribution in [0, 0.1) is 0 Å². The number of phenolic OH excluding ortho intramolecular Hbond substituents is 2. The number of aromatic hydroxyl groups is 2. The van der Waals surface area contributed by atoms with Gasteiger partial charge in [0.15, 0.2) is 34.6 Å². The number of rotatable bonds is 5. The molecule has 0 aliphatic rings. The number of phenols is 2. The molecule has 10 aromatic rings. The van der Waals surface area contributed by atoms with Crippen molar-refractivity contribution in [1.82, 2.24) is 19.5 Å². The molecule has 0 fully saturated rings. The van der Waals surface area contributed by atoms with Crippen LogP contribution in [0.5, 0.6) is 11.5 Å². The summed E-state index contributed by atoms with van der Waals surface area (Å²) in [5, 5.41) is 24.5. The lowest BCUT2D eigenvalue weighted by molar-refractivity contribution is 0.404. The zero-order chi connectivity index (χ0) is 34.8. The molecule has 0 bridgehead atoms. The molecule has 52 heavy (non-hydrogen) atoms. The smallest absolute Gasteiger partial charge is 0.164 e. The number of hydrogen-bond donors (Lipinski definition) is 2. The summed E-state index contributed by atoms with van der Waals surface area (Å²) in [4.78, 5) is 14.5. The number of fused-ring (bicyclic) bond motifs is 6. The summed E-state index contributed by atoms with van der Waals surface area (Å²) in [5.41, 5.74) is 9.20. The van der Waals surface area contributed by atoms with E-state index in [0.29, 0.717) is 23.0 Å². The van der Waals surface area contributed by atoms with Gasteiger partial charge in [0.1, 0.15) is 5.58 Å². The fourth-order valence-corrected chi connectivity index (χ4v) is 7.15. The fraction of sp³-hybridized carbons (Fsp3) is 0. The molecule has 246 valence electrons. The topological polar surface area (TPSA) is 97.2 Å². The van der Waals surface area contributed by atoms with E-state index in [1.54, 1.807) is 6.07 Å². The quantitative estimate of drug-likeness (QED) is 0.177. The summed E-state index contributed by atoms with van der Waals surface area (Å²) in [6.45, 7) is 0. The Kier molecular flexibility index (Phi) is 6.66. The zero-order valence-corrected chi connectivity index (χ0v) is 27.6. The van der Waals surface area contributed by atoms with Gasteiger partial charge in [-0.2, -0.15) is 0 Å². The Hall–Kier alpha value is -7.25. The van der Waals surface area contributed by atoms with Crippen molar-refractivity contribution in [3.8, 4) is 62.5 Å². The Morgan fingerprint density at radius 1 is 0.404 bits per heavy atom. The third-order valence-electron chi connectivity index (χ3n) is 9.66. The van der Waals surface area contributed by atoms with E-state index >= 15 is 0 Å². The van der Waals surface area contributed by atoms with E-state index in [4.69, 9.17) is 19.4 Å². The highest BCUT2D eigenvalue weighted by atomic mass is 16.3. The van der Waals surface area contributed by atoms with E-state index in [9.17, 15) is 10.2 Å². The number of hydrogen-bond acceptors (Lipinski definition) is 6. The SMILES string of the molecule is Oc1ccc(-c2nc(-c3ccccc3)nc(-c3ccc4oc5c(-n6c7ccccc7c7cc(-c8ccccc8)ccc76)cccc5c4c3)n2)cc1O. The van der Waals surface area contributed by atoms with E-state index < -0.39 is 0 Å². The molecular weight excluding hydrogens is 645 g/mol. The lowest BCUT2D eigenvalue weighted by atomic mass is 10.0. The molecular formula is C45H28N4O3. The molecule has 0 aliphatic heterocycles. The van der Waals surface area contributed by atoms with Gasteiger partial charge in [-0.15, -0.1) is 0 Å². The second-order valence-corrected chi connectivity index (χ2v) is 12.8. The Morgan fingerprint density at radius 2 is 1.00 bits per heavy atom. The van der Waals surface area contributed by atoms with Crippen molar-refractivity contribution in [1.29, 1.82) is 0 Å². The largest absolute Gasteiger partial charge is 0.504 e. The van der Waals surface area contributed by atoms with Crippen LogP contribution < -0.4 is 0 Å². The summed E-state index contributed by atoms with van der Waals surface area (Å²) >= 11 is 0. The van der Waals surface area contributed by atoms with Crippen LogP contribution in [-0.2, 0) is 0 Å². The van der Waals surface area contributed by atoms with E-state index in [-0.39, 0.29) is 11.5 Å². The number of nitrogens with zero attached hydrogens (tertiary/aromatic N) is 4. The minimum absolute atomic E-state index is 0.212. The van der Waals surface area contributed by atoms with E-state index in [2.05, 4.69) is 95.6 Å². The molecule has 0 aliphatic carbocycles. The van der Waals surface area contributed by atoms with Crippen molar-refractivity contribution in [3.05, 3.63) is 158 Å². The Morgan fingerprint density at radius 3 is 1.77 bits per heavy atom. The van der Waals surface area contributed by atoms with Crippen molar-refractivity contribution < 1.29 is 14.6 Å². The Labute approximate surface area is 297 Å². The second kappa shape index (κ2) is 11.7. The van der Waals surface area contributed by atoms with Crippen molar-refractivity contribution in [2.75, 3.05) is 0 Å². The van der Waals surface area contributed by atoms with E-state index in [1.807, 2.05) is 48.5 Å². The maximum absolute atomic E-state index is 10.3. The molecule has 10 rings (SSSR count). The molecule has 7 heteroatoms. The molecule has 7 aromatic carbocycles. The summed E-state index contributed by atoms with van der Waals surface area (Å²) in [7, 11) is 0. The van der Waals surface area contributed by atoms with Crippen LogP contribution in [0.25, 0.3) is 94.7 Å². The Balaban J connectivity index is 1.15. The maximum Gasteiger partial charge on any atom is 0.164 e. The first kappa shape index (κ1) is 29.6. The summed E-state index contributed by atoms with van der Waals surface area (Å²) in [6, 6.07) is 52.1. The first-order valence-electron chi connectivity index (χ1n) is 17.0. The highest BCUT2D eigenvalue weighted by Crippen LogP contribution is 2.40. The van der Waals surface area contributed by atoms with Gasteiger partial charge in [-0.3, -0.25) is 0 Å². The number of aromatic nitrogens is 4. The van der Waals surface area contributed by atoms with Crippen molar-refractivity contribution in [2.24, 2.45) is 0 Å². The molecule has 0 amide bonds. The van der Waals surface area contributed by atoms with Crippen LogP contribution >= 0.6 is 0 Å². The van der Waals surface area contributed by atoms with Gasteiger partial charge in [0.2, 0.25) is 0 Å². The predicted molar refractivity (Wildman–Crippen MR) is 207 cm³/mol. The van der Waals surface area contributed by atoms with E-state index in [0.717, 1.165) is 49.8 Å². The molecule has 0 unspecified atom stereocenters. The molecule has 2 N–H and O–H groups in total. The first-order valence-corrected chi connectivity index (χ1v) is 17.0. The molecule has 0 radical (unpaired) electrons. The maximum atomic E-state index is 10.3. The van der Waals surface area contributed by atoms with Gasteiger partial charge in [0.05, 0.1) is 16.7 Å². The van der Waals surface area contributed by atoms with E-state index in [1.165, 1.54) is 34.0 Å². The van der Waals surface area contributed by atoms with Gasteiger partial charge in [0, 0.05) is 38.2 Å². The summed E-state index contributed by atoms with van der Waals surface area (Å²) < 4.78 is 8.97. The minimum atomic E-state index is -0.248. The van der Waals surface area contributed by atoms with Gasteiger partial charge >= 0.3 is 0 Å². The molecule has 0 saturated carbocycles. The highest BCUT2D eigenvalue weighted by Gasteiger charge is 2.20. The van der Waals surface area contributed by atoms with Gasteiger partial charge in [0.25, 0.3) is 0 Å². The zero-order valence-electron chi connectivity index (χ0n) is 27.6. The Bertz CT molecular complexity index is 2990. The molecule has 0 spiro atoms.